The molecule has 0 fully saturated rings. The number of hydrogen-bond acceptors (Lipinski definition) is 1. The van der Waals surface area contributed by atoms with Crippen LogP contribution in [0.4, 0.5) is 4.39 Å². The second-order valence-electron chi connectivity index (χ2n) is 3.09. The molecule has 0 aliphatic carbocycles. The fourth-order valence-corrected chi connectivity index (χ4v) is 1.12. The van der Waals surface area contributed by atoms with Crippen LogP contribution in [0.5, 0.6) is 5.75 Å². The molecule has 0 heterocycles. The van der Waals surface area contributed by atoms with Crippen LogP contribution in [0.25, 0.3) is 0 Å². The third-order valence-corrected chi connectivity index (χ3v) is 1.75. The van der Waals surface area contributed by atoms with Gasteiger partial charge < -0.3 is 9.64 Å². The molecular formula is C10H14FNO. The highest BCUT2D eigenvalue weighted by atomic mass is 19.1. The first-order valence-electron chi connectivity index (χ1n) is 4.10. The molecule has 1 atom stereocenters. The summed E-state index contributed by atoms with van der Waals surface area (Å²) in [6.07, 6.45) is 0. The minimum atomic E-state index is -0.234. The van der Waals surface area contributed by atoms with Crippen molar-refractivity contribution >= 4 is 0 Å². The van der Waals surface area contributed by atoms with Gasteiger partial charge in [-0.1, -0.05) is 0 Å². The van der Waals surface area contributed by atoms with Crippen LogP contribution in [0.1, 0.15) is 5.56 Å². The lowest BCUT2D eigenvalue weighted by Gasteiger charge is -2.14. The molecule has 1 N–H and O–H groups in total. The number of rotatable bonds is 3. The lowest BCUT2D eigenvalue weighted by molar-refractivity contribution is -0.846. The van der Waals surface area contributed by atoms with Gasteiger partial charge in [-0.3, -0.25) is 0 Å². The van der Waals surface area contributed by atoms with E-state index in [1.54, 1.807) is 12.1 Å². The fourth-order valence-electron chi connectivity index (χ4n) is 1.12. The van der Waals surface area contributed by atoms with Gasteiger partial charge in [0.05, 0.1) is 13.7 Å². The summed E-state index contributed by atoms with van der Waals surface area (Å²) in [4.78, 5) is 0.948. The Morgan fingerprint density at radius 2 is 2.23 bits per heavy atom. The van der Waals surface area contributed by atoms with Crippen LogP contribution in [0.2, 0.25) is 0 Å². The van der Waals surface area contributed by atoms with Crippen molar-refractivity contribution in [2.24, 2.45) is 0 Å². The van der Waals surface area contributed by atoms with Gasteiger partial charge in [0, 0.05) is 18.7 Å². The molecule has 13 heavy (non-hydrogen) atoms. The summed E-state index contributed by atoms with van der Waals surface area (Å²) in [5.74, 6) is 0.310. The van der Waals surface area contributed by atoms with Gasteiger partial charge in [0.2, 0.25) is 0 Å². The molecule has 0 aliphatic rings. The van der Waals surface area contributed by atoms with Crippen LogP contribution in [0, 0.1) is 12.9 Å². The largest absolute Gasteiger partial charge is 0.497 e. The minimum Gasteiger partial charge on any atom is -0.497 e. The van der Waals surface area contributed by atoms with Crippen LogP contribution >= 0.6 is 0 Å². The monoisotopic (exact) mass is 183 g/mol. The van der Waals surface area contributed by atoms with Crippen molar-refractivity contribution in [2.75, 3.05) is 14.2 Å². The molecule has 1 unspecified atom stereocenters. The van der Waals surface area contributed by atoms with Crippen molar-refractivity contribution in [1.29, 1.82) is 0 Å². The van der Waals surface area contributed by atoms with E-state index in [9.17, 15) is 4.39 Å². The molecule has 0 aromatic heterocycles. The second-order valence-corrected chi connectivity index (χ2v) is 3.09. The Bertz CT molecular complexity index is 286. The predicted octanol–water partition coefficient (Wildman–Crippen LogP) is 0.641. The highest BCUT2D eigenvalue weighted by Crippen LogP contribution is 2.15. The van der Waals surface area contributed by atoms with Crippen LogP contribution in [-0.2, 0) is 6.54 Å². The van der Waals surface area contributed by atoms with Crippen molar-refractivity contribution in [3.8, 4) is 5.75 Å². The van der Waals surface area contributed by atoms with E-state index >= 15 is 0 Å². The Balaban J connectivity index is 2.85. The number of nitrogens with one attached hydrogen (secondary N) is 1. The fraction of sp³-hybridized carbons (Fsp3) is 0.300. The molecule has 0 saturated heterocycles. The number of hydrogen-bond donors (Lipinski definition) is 1. The minimum absolute atomic E-state index is 0.234. The molecule has 1 rings (SSSR count). The maximum Gasteiger partial charge on any atom is 0.135 e. The van der Waals surface area contributed by atoms with Crippen molar-refractivity contribution in [2.45, 2.75) is 6.54 Å². The van der Waals surface area contributed by atoms with Crippen LogP contribution in [0.3, 0.4) is 0 Å². The van der Waals surface area contributed by atoms with Gasteiger partial charge >= 0.3 is 0 Å². The number of quaternary nitrogens is 1. The number of benzene rings is 1. The molecule has 0 amide bonds. The summed E-state index contributed by atoms with van der Waals surface area (Å²) in [7, 11) is 7.14. The molecule has 0 saturated carbocycles. The Hall–Kier alpha value is -1.09. The van der Waals surface area contributed by atoms with E-state index in [0.717, 1.165) is 4.90 Å². The van der Waals surface area contributed by atoms with Crippen molar-refractivity contribution in [1.82, 2.24) is 0 Å². The number of ether oxygens (including phenoxy) is 1. The quantitative estimate of drug-likeness (QED) is 0.679. The first-order chi connectivity index (χ1) is 6.13. The lowest BCUT2D eigenvalue weighted by atomic mass is 10.2. The third-order valence-electron chi connectivity index (χ3n) is 1.75. The van der Waals surface area contributed by atoms with Gasteiger partial charge in [-0.15, -0.1) is 0 Å². The lowest BCUT2D eigenvalue weighted by Crippen LogP contribution is -3.01. The molecule has 72 valence electrons. The van der Waals surface area contributed by atoms with Crippen molar-refractivity contribution < 1.29 is 14.0 Å². The van der Waals surface area contributed by atoms with Crippen LogP contribution < -0.4 is 9.64 Å². The first kappa shape index (κ1) is 9.99. The van der Waals surface area contributed by atoms with Gasteiger partial charge in [-0.2, -0.15) is 7.05 Å². The number of halogens is 1. The molecule has 0 aliphatic heterocycles. The zero-order valence-corrected chi connectivity index (χ0v) is 7.93. The summed E-state index contributed by atoms with van der Waals surface area (Å²) >= 11 is 0. The Labute approximate surface area is 77.9 Å². The average molecular weight is 183 g/mol. The summed E-state index contributed by atoms with van der Waals surface area (Å²) < 4.78 is 18.2. The maximum absolute atomic E-state index is 13.3. The second kappa shape index (κ2) is 4.23. The van der Waals surface area contributed by atoms with E-state index in [0.29, 0.717) is 17.9 Å². The average Bonchev–Trinajstić information content (AvgIpc) is 2.08. The zero-order valence-electron chi connectivity index (χ0n) is 7.93. The van der Waals surface area contributed by atoms with Gasteiger partial charge in [0.25, 0.3) is 0 Å². The van der Waals surface area contributed by atoms with Crippen LogP contribution in [0.15, 0.2) is 18.2 Å². The summed E-state index contributed by atoms with van der Waals surface area (Å²) in [6.45, 7) is 0.579. The van der Waals surface area contributed by atoms with E-state index in [4.69, 9.17) is 4.74 Å². The highest BCUT2D eigenvalue weighted by Gasteiger charge is 2.04. The summed E-state index contributed by atoms with van der Waals surface area (Å²) in [5, 5.41) is 0. The van der Waals surface area contributed by atoms with E-state index in [2.05, 4.69) is 7.05 Å². The zero-order chi connectivity index (χ0) is 9.84. The molecule has 0 bridgehead atoms. The molecule has 0 radical (unpaired) electrons. The topological polar surface area (TPSA) is 13.7 Å². The number of methoxy groups -OCH3 is 1. The molecule has 0 spiro atoms. The van der Waals surface area contributed by atoms with Crippen LogP contribution in [-0.4, -0.2) is 14.2 Å². The standard InChI is InChI=1S/C10H14FNO/c1-12(2)7-8-4-5-9(13-3)6-10(8)11/h4-6,12H,1,7H2,2-3H3. The van der Waals surface area contributed by atoms with Gasteiger partial charge in [-0.05, 0) is 12.1 Å². The Morgan fingerprint density at radius 3 is 2.69 bits per heavy atom. The van der Waals surface area contributed by atoms with E-state index in [1.165, 1.54) is 13.2 Å². The Morgan fingerprint density at radius 1 is 1.54 bits per heavy atom. The first-order valence-corrected chi connectivity index (χ1v) is 4.10. The highest BCUT2D eigenvalue weighted by molar-refractivity contribution is 5.28. The van der Waals surface area contributed by atoms with Crippen molar-refractivity contribution in [3.05, 3.63) is 36.6 Å². The van der Waals surface area contributed by atoms with Crippen molar-refractivity contribution in [3.63, 3.8) is 0 Å². The Kier molecular flexibility index (Phi) is 3.25. The van der Waals surface area contributed by atoms with E-state index < -0.39 is 0 Å². The summed E-state index contributed by atoms with van der Waals surface area (Å²) in [6, 6.07) is 4.86. The van der Waals surface area contributed by atoms with E-state index in [1.807, 2.05) is 7.05 Å². The maximum atomic E-state index is 13.3. The van der Waals surface area contributed by atoms with Gasteiger partial charge in [0.1, 0.15) is 11.6 Å². The molecule has 1 aromatic carbocycles. The van der Waals surface area contributed by atoms with Gasteiger partial charge in [0.15, 0.2) is 0 Å². The third kappa shape index (κ3) is 2.70. The smallest absolute Gasteiger partial charge is 0.135 e. The predicted molar refractivity (Wildman–Crippen MR) is 48.9 cm³/mol. The summed E-state index contributed by atoms with van der Waals surface area (Å²) in [5.41, 5.74) is 0.660. The molecular weight excluding hydrogens is 169 g/mol. The van der Waals surface area contributed by atoms with Gasteiger partial charge in [-0.25, -0.2) is 4.39 Å². The normalized spacial score (nSPS) is 12.6. The molecule has 1 aromatic rings. The SMILES string of the molecule is [CH2-][NH+](C)Cc1ccc(OC)cc1F. The van der Waals surface area contributed by atoms with E-state index in [-0.39, 0.29) is 5.82 Å². The molecule has 2 nitrogen and oxygen atoms in total. The molecule has 3 heteroatoms.